The molecule has 0 heterocycles. The van der Waals surface area contributed by atoms with Crippen LogP contribution in [0.2, 0.25) is 0 Å². The first kappa shape index (κ1) is 12.0. The second-order valence-electron chi connectivity index (χ2n) is 5.45. The summed E-state index contributed by atoms with van der Waals surface area (Å²) in [7, 11) is 0. The number of carbonyl (C=O) groups is 1. The van der Waals surface area contributed by atoms with E-state index in [9.17, 15) is 9.90 Å². The van der Waals surface area contributed by atoms with Crippen LogP contribution in [0.1, 0.15) is 24.5 Å². The number of hydrogen-bond donors (Lipinski definition) is 1. The van der Waals surface area contributed by atoms with Crippen molar-refractivity contribution in [2.45, 2.75) is 18.8 Å². The van der Waals surface area contributed by atoms with Crippen molar-refractivity contribution in [3.63, 3.8) is 0 Å². The van der Waals surface area contributed by atoms with Gasteiger partial charge in [-0.2, -0.15) is 0 Å². The second-order valence-corrected chi connectivity index (χ2v) is 5.45. The van der Waals surface area contributed by atoms with Crippen molar-refractivity contribution in [2.24, 2.45) is 5.41 Å². The van der Waals surface area contributed by atoms with Crippen molar-refractivity contribution in [2.75, 3.05) is 0 Å². The maximum Gasteiger partial charge on any atom is 0.310 e. The van der Waals surface area contributed by atoms with Gasteiger partial charge in [-0.3, -0.25) is 4.79 Å². The van der Waals surface area contributed by atoms with E-state index in [1.165, 1.54) is 0 Å². The molecular formula is C17H16O2. The Hall–Kier alpha value is -2.09. The third-order valence-corrected chi connectivity index (χ3v) is 4.44. The van der Waals surface area contributed by atoms with Crippen LogP contribution in [-0.2, 0) is 10.2 Å². The highest BCUT2D eigenvalue weighted by Crippen LogP contribution is 2.68. The third kappa shape index (κ3) is 1.53. The molecule has 3 rings (SSSR count). The monoisotopic (exact) mass is 252 g/mol. The predicted octanol–water partition coefficient (Wildman–Crippen LogP) is 3.47. The molecule has 2 aromatic rings. The van der Waals surface area contributed by atoms with Crippen molar-refractivity contribution in [1.29, 1.82) is 0 Å². The van der Waals surface area contributed by atoms with E-state index in [2.05, 4.69) is 0 Å². The largest absolute Gasteiger partial charge is 0.481 e. The van der Waals surface area contributed by atoms with Crippen LogP contribution in [-0.4, -0.2) is 11.1 Å². The van der Waals surface area contributed by atoms with Crippen molar-refractivity contribution in [1.82, 2.24) is 0 Å². The van der Waals surface area contributed by atoms with E-state index < -0.39 is 11.4 Å². The van der Waals surface area contributed by atoms with Gasteiger partial charge in [0.15, 0.2) is 0 Å². The van der Waals surface area contributed by atoms with Gasteiger partial charge in [-0.15, -0.1) is 0 Å². The Morgan fingerprint density at radius 3 is 1.68 bits per heavy atom. The first-order chi connectivity index (χ1) is 9.11. The molecule has 2 nitrogen and oxygen atoms in total. The van der Waals surface area contributed by atoms with Gasteiger partial charge in [-0.05, 0) is 24.5 Å². The Bertz CT molecular complexity index is 564. The fraction of sp³-hybridized carbons (Fsp3) is 0.235. The summed E-state index contributed by atoms with van der Waals surface area (Å²) < 4.78 is 0. The molecule has 1 saturated carbocycles. The Kier molecular flexibility index (Phi) is 2.49. The highest BCUT2D eigenvalue weighted by Gasteiger charge is 2.70. The average Bonchev–Trinajstić information content (AvgIpc) is 3.10. The quantitative estimate of drug-likeness (QED) is 0.908. The molecule has 19 heavy (non-hydrogen) atoms. The smallest absolute Gasteiger partial charge is 0.310 e. The van der Waals surface area contributed by atoms with Crippen LogP contribution in [0.25, 0.3) is 0 Å². The molecule has 2 aromatic carbocycles. The van der Waals surface area contributed by atoms with E-state index in [1.54, 1.807) is 0 Å². The lowest BCUT2D eigenvalue weighted by Gasteiger charge is -2.21. The van der Waals surface area contributed by atoms with Gasteiger partial charge in [-0.25, -0.2) is 0 Å². The lowest BCUT2D eigenvalue weighted by Crippen LogP contribution is -2.24. The van der Waals surface area contributed by atoms with Crippen LogP contribution in [0.15, 0.2) is 60.7 Å². The molecule has 2 heteroatoms. The Balaban J connectivity index is 2.18. The minimum Gasteiger partial charge on any atom is -0.481 e. The lowest BCUT2D eigenvalue weighted by atomic mass is 9.81. The van der Waals surface area contributed by atoms with Crippen molar-refractivity contribution < 1.29 is 9.90 Å². The number of carboxylic acids is 1. The molecule has 1 aliphatic carbocycles. The molecule has 96 valence electrons. The van der Waals surface area contributed by atoms with Gasteiger partial charge in [0.25, 0.3) is 0 Å². The van der Waals surface area contributed by atoms with Crippen molar-refractivity contribution in [3.05, 3.63) is 71.8 Å². The maximum atomic E-state index is 11.6. The molecular weight excluding hydrogens is 236 g/mol. The predicted molar refractivity (Wildman–Crippen MR) is 74.0 cm³/mol. The van der Waals surface area contributed by atoms with Crippen LogP contribution < -0.4 is 0 Å². The molecule has 0 aliphatic heterocycles. The van der Waals surface area contributed by atoms with Gasteiger partial charge >= 0.3 is 5.97 Å². The van der Waals surface area contributed by atoms with Gasteiger partial charge in [0.1, 0.15) is 0 Å². The first-order valence-corrected chi connectivity index (χ1v) is 6.46. The fourth-order valence-corrected chi connectivity index (χ4v) is 3.20. The normalized spacial score (nSPS) is 23.8. The van der Waals surface area contributed by atoms with Crippen LogP contribution in [0.5, 0.6) is 0 Å². The molecule has 0 saturated heterocycles. The van der Waals surface area contributed by atoms with Gasteiger partial charge in [0.05, 0.1) is 5.41 Å². The summed E-state index contributed by atoms with van der Waals surface area (Å²) in [6.45, 7) is 1.84. The van der Waals surface area contributed by atoms with E-state index in [4.69, 9.17) is 0 Å². The number of hydrogen-bond acceptors (Lipinski definition) is 1. The van der Waals surface area contributed by atoms with E-state index in [0.29, 0.717) is 6.42 Å². The molecule has 0 spiro atoms. The van der Waals surface area contributed by atoms with Crippen LogP contribution >= 0.6 is 0 Å². The average molecular weight is 252 g/mol. The molecule has 1 N–H and O–H groups in total. The summed E-state index contributed by atoms with van der Waals surface area (Å²) in [5, 5.41) is 9.57. The van der Waals surface area contributed by atoms with E-state index in [0.717, 1.165) is 11.1 Å². The van der Waals surface area contributed by atoms with Crippen LogP contribution in [0, 0.1) is 5.41 Å². The van der Waals surface area contributed by atoms with Crippen LogP contribution in [0.3, 0.4) is 0 Å². The van der Waals surface area contributed by atoms with Gasteiger partial charge in [0.2, 0.25) is 0 Å². The highest BCUT2D eigenvalue weighted by atomic mass is 16.4. The summed E-state index contributed by atoms with van der Waals surface area (Å²) in [6.07, 6.45) is 0.656. The summed E-state index contributed by atoms with van der Waals surface area (Å²) in [5.74, 6) is -0.722. The molecule has 0 amide bonds. The zero-order valence-corrected chi connectivity index (χ0v) is 10.8. The van der Waals surface area contributed by atoms with Gasteiger partial charge in [0, 0.05) is 5.41 Å². The van der Waals surface area contributed by atoms with E-state index >= 15 is 0 Å². The van der Waals surface area contributed by atoms with Crippen molar-refractivity contribution in [3.8, 4) is 0 Å². The topological polar surface area (TPSA) is 37.3 Å². The molecule has 1 atom stereocenters. The maximum absolute atomic E-state index is 11.6. The Morgan fingerprint density at radius 1 is 0.947 bits per heavy atom. The van der Waals surface area contributed by atoms with Gasteiger partial charge in [-0.1, -0.05) is 60.7 Å². The van der Waals surface area contributed by atoms with E-state index in [1.807, 2.05) is 67.6 Å². The van der Waals surface area contributed by atoms with Gasteiger partial charge < -0.3 is 5.11 Å². The first-order valence-electron chi connectivity index (χ1n) is 6.46. The SMILES string of the molecule is C[C@]1(C(=O)O)CC1(c1ccccc1)c1ccccc1. The number of rotatable bonds is 3. The Morgan fingerprint density at radius 2 is 1.37 bits per heavy atom. The number of benzene rings is 2. The minimum absolute atomic E-state index is 0.388. The Labute approximate surface area is 112 Å². The van der Waals surface area contributed by atoms with E-state index in [-0.39, 0.29) is 5.41 Å². The zero-order chi connectivity index (χ0) is 13.5. The third-order valence-electron chi connectivity index (χ3n) is 4.44. The highest BCUT2D eigenvalue weighted by molar-refractivity contribution is 5.84. The molecule has 1 aliphatic rings. The standard InChI is InChI=1S/C17H16O2/c1-16(15(18)19)12-17(16,13-8-4-2-5-9-13)14-10-6-3-7-11-14/h2-11H,12H2,1H3,(H,18,19)/t16-/m1/s1. The molecule has 1 fully saturated rings. The molecule has 0 aromatic heterocycles. The van der Waals surface area contributed by atoms with Crippen LogP contribution in [0.4, 0.5) is 0 Å². The summed E-state index contributed by atoms with van der Waals surface area (Å²) >= 11 is 0. The molecule has 0 radical (unpaired) electrons. The lowest BCUT2D eigenvalue weighted by molar-refractivity contribution is -0.143. The fourth-order valence-electron chi connectivity index (χ4n) is 3.20. The number of aliphatic carboxylic acids is 1. The number of carboxylic acid groups (broad SMARTS) is 1. The molecule has 0 bridgehead atoms. The van der Waals surface area contributed by atoms with Crippen molar-refractivity contribution >= 4 is 5.97 Å². The summed E-state index contributed by atoms with van der Waals surface area (Å²) in [6, 6.07) is 19.9. The minimum atomic E-state index is -0.722. The summed E-state index contributed by atoms with van der Waals surface area (Å²) in [5.41, 5.74) is 1.08. The second kappa shape index (κ2) is 3.95. The summed E-state index contributed by atoms with van der Waals surface area (Å²) in [4.78, 5) is 11.6. The zero-order valence-electron chi connectivity index (χ0n) is 10.8. The molecule has 0 unspecified atom stereocenters.